The summed E-state index contributed by atoms with van der Waals surface area (Å²) in [5, 5.41) is 10.2. The molecule has 0 radical (unpaired) electrons. The van der Waals surface area contributed by atoms with Crippen molar-refractivity contribution in [2.24, 2.45) is 0 Å². The Hall–Kier alpha value is -2.15. The Morgan fingerprint density at radius 1 is 1.24 bits per heavy atom. The van der Waals surface area contributed by atoms with Gasteiger partial charge in [-0.1, -0.05) is 29.8 Å². The Balaban J connectivity index is 1.59. The lowest BCUT2D eigenvalue weighted by molar-refractivity contribution is -0.0954. The standard InChI is InChI=1S/C23H30N2O4/c1-16-5-7-18(8-6-16)20-11-19(17(2)25(20)9-10-28-4)21(26)24-13-23(14-24)12-22(3,27)15-29-23/h5-8,11,27H,9-10,12-15H2,1-4H3/t22-/m0/s1. The number of hydrogen-bond acceptors (Lipinski definition) is 4. The summed E-state index contributed by atoms with van der Waals surface area (Å²) in [6.45, 7) is 8.52. The summed E-state index contributed by atoms with van der Waals surface area (Å²) < 4.78 is 13.3. The molecule has 2 aliphatic rings. The lowest BCUT2D eigenvalue weighted by Crippen LogP contribution is -2.63. The number of carbonyl (C=O) groups excluding carboxylic acids is 1. The first-order valence-electron chi connectivity index (χ1n) is 10.2. The minimum absolute atomic E-state index is 0.0211. The lowest BCUT2D eigenvalue weighted by atomic mass is 9.85. The van der Waals surface area contributed by atoms with Gasteiger partial charge in [-0.25, -0.2) is 0 Å². The minimum Gasteiger partial charge on any atom is -0.388 e. The number of hydrogen-bond donors (Lipinski definition) is 1. The van der Waals surface area contributed by atoms with Crippen LogP contribution in [0.15, 0.2) is 30.3 Å². The van der Waals surface area contributed by atoms with Crippen molar-refractivity contribution in [2.75, 3.05) is 33.4 Å². The first kappa shape index (κ1) is 20.1. The normalized spacial score (nSPS) is 22.9. The van der Waals surface area contributed by atoms with Gasteiger partial charge in [0.05, 0.1) is 37.5 Å². The number of likely N-dealkylation sites (tertiary alicyclic amines) is 1. The Labute approximate surface area is 172 Å². The van der Waals surface area contributed by atoms with Crippen molar-refractivity contribution in [2.45, 2.75) is 44.9 Å². The highest BCUT2D eigenvalue weighted by Crippen LogP contribution is 2.40. The molecule has 0 saturated carbocycles. The van der Waals surface area contributed by atoms with Crippen LogP contribution in [0.25, 0.3) is 11.3 Å². The molecular weight excluding hydrogens is 368 g/mol. The van der Waals surface area contributed by atoms with Crippen LogP contribution in [0.2, 0.25) is 0 Å². The number of aliphatic hydroxyl groups is 1. The van der Waals surface area contributed by atoms with Crippen molar-refractivity contribution < 1.29 is 19.4 Å². The average Bonchev–Trinajstić information content (AvgIpc) is 3.16. The quantitative estimate of drug-likeness (QED) is 0.841. The topological polar surface area (TPSA) is 63.9 Å². The Morgan fingerprint density at radius 3 is 2.52 bits per heavy atom. The Kier molecular flexibility index (Phi) is 5.05. The van der Waals surface area contributed by atoms with Gasteiger partial charge >= 0.3 is 0 Å². The fourth-order valence-electron chi connectivity index (χ4n) is 4.57. The van der Waals surface area contributed by atoms with E-state index in [0.29, 0.717) is 39.3 Å². The molecule has 2 fully saturated rings. The van der Waals surface area contributed by atoms with Crippen LogP contribution in [0, 0.1) is 13.8 Å². The summed E-state index contributed by atoms with van der Waals surface area (Å²) in [5.41, 5.74) is 3.80. The Bertz CT molecular complexity index is 908. The molecule has 156 valence electrons. The fraction of sp³-hybridized carbons (Fsp3) is 0.522. The Morgan fingerprint density at radius 2 is 1.93 bits per heavy atom. The third-order valence-corrected chi connectivity index (χ3v) is 6.10. The van der Waals surface area contributed by atoms with E-state index >= 15 is 0 Å². The monoisotopic (exact) mass is 398 g/mol. The number of methoxy groups -OCH3 is 1. The molecule has 2 aliphatic heterocycles. The number of aryl methyl sites for hydroxylation is 1. The van der Waals surface area contributed by atoms with Crippen LogP contribution in [0.3, 0.4) is 0 Å². The molecule has 0 unspecified atom stereocenters. The zero-order valence-electron chi connectivity index (χ0n) is 17.7. The first-order valence-corrected chi connectivity index (χ1v) is 10.2. The number of benzene rings is 1. The predicted molar refractivity (Wildman–Crippen MR) is 111 cm³/mol. The third kappa shape index (κ3) is 3.72. The van der Waals surface area contributed by atoms with Crippen molar-refractivity contribution >= 4 is 5.91 Å². The molecule has 0 bridgehead atoms. The average molecular weight is 399 g/mol. The SMILES string of the molecule is COCCn1c(-c2ccc(C)cc2)cc(C(=O)N2CC3(C2)C[C@](C)(O)CO3)c1C. The van der Waals surface area contributed by atoms with Crippen molar-refractivity contribution in [3.05, 3.63) is 47.2 Å². The van der Waals surface area contributed by atoms with Crippen LogP contribution in [-0.4, -0.2) is 65.1 Å². The van der Waals surface area contributed by atoms with Gasteiger partial charge in [0.25, 0.3) is 5.91 Å². The van der Waals surface area contributed by atoms with Gasteiger partial charge in [0.2, 0.25) is 0 Å². The van der Waals surface area contributed by atoms with Gasteiger partial charge in [-0.3, -0.25) is 4.79 Å². The summed E-state index contributed by atoms with van der Waals surface area (Å²) in [5.74, 6) is 0.0211. The second-order valence-corrected chi connectivity index (χ2v) is 8.85. The van der Waals surface area contributed by atoms with Crippen molar-refractivity contribution in [3.63, 3.8) is 0 Å². The van der Waals surface area contributed by atoms with Gasteiger partial charge in [-0.2, -0.15) is 0 Å². The van der Waals surface area contributed by atoms with E-state index in [0.717, 1.165) is 22.5 Å². The molecule has 4 rings (SSSR count). The highest BCUT2D eigenvalue weighted by molar-refractivity contribution is 5.97. The largest absolute Gasteiger partial charge is 0.388 e. The van der Waals surface area contributed by atoms with Crippen molar-refractivity contribution in [1.82, 2.24) is 9.47 Å². The lowest BCUT2D eigenvalue weighted by Gasteiger charge is -2.47. The molecule has 1 aromatic heterocycles. The molecule has 1 spiro atoms. The maximum atomic E-state index is 13.2. The van der Waals surface area contributed by atoms with E-state index in [-0.39, 0.29) is 11.5 Å². The molecule has 1 amide bonds. The molecule has 6 nitrogen and oxygen atoms in total. The minimum atomic E-state index is -0.798. The molecule has 1 N–H and O–H groups in total. The van der Waals surface area contributed by atoms with Gasteiger partial charge in [0.15, 0.2) is 0 Å². The second kappa shape index (κ2) is 7.27. The molecule has 1 aromatic carbocycles. The molecule has 3 heterocycles. The molecule has 2 saturated heterocycles. The van der Waals surface area contributed by atoms with E-state index in [2.05, 4.69) is 35.8 Å². The van der Waals surface area contributed by atoms with Gasteiger partial charge in [0, 0.05) is 31.5 Å². The molecule has 1 atom stereocenters. The fourth-order valence-corrected chi connectivity index (χ4v) is 4.57. The molecule has 0 aliphatic carbocycles. The maximum Gasteiger partial charge on any atom is 0.255 e. The second-order valence-electron chi connectivity index (χ2n) is 8.85. The van der Waals surface area contributed by atoms with E-state index in [4.69, 9.17) is 9.47 Å². The number of rotatable bonds is 5. The number of nitrogens with zero attached hydrogens (tertiary/aromatic N) is 2. The third-order valence-electron chi connectivity index (χ3n) is 6.10. The number of aromatic nitrogens is 1. The number of ether oxygens (including phenoxy) is 2. The first-order chi connectivity index (χ1) is 13.7. The van der Waals surface area contributed by atoms with Crippen LogP contribution < -0.4 is 0 Å². The highest BCUT2D eigenvalue weighted by atomic mass is 16.5. The van der Waals surface area contributed by atoms with E-state index < -0.39 is 5.60 Å². The van der Waals surface area contributed by atoms with E-state index in [1.807, 2.05) is 17.9 Å². The maximum absolute atomic E-state index is 13.2. The number of carbonyl (C=O) groups is 1. The van der Waals surface area contributed by atoms with Crippen LogP contribution in [0.5, 0.6) is 0 Å². The van der Waals surface area contributed by atoms with E-state index in [9.17, 15) is 9.90 Å². The van der Waals surface area contributed by atoms with E-state index in [1.54, 1.807) is 14.0 Å². The zero-order chi connectivity index (χ0) is 20.8. The van der Waals surface area contributed by atoms with Crippen LogP contribution in [0.1, 0.15) is 35.0 Å². The van der Waals surface area contributed by atoms with Crippen LogP contribution in [0.4, 0.5) is 0 Å². The molecule has 6 heteroatoms. The van der Waals surface area contributed by atoms with Crippen molar-refractivity contribution in [1.29, 1.82) is 0 Å². The summed E-state index contributed by atoms with van der Waals surface area (Å²) in [7, 11) is 1.69. The zero-order valence-corrected chi connectivity index (χ0v) is 17.7. The molecular formula is C23H30N2O4. The van der Waals surface area contributed by atoms with Gasteiger partial charge < -0.3 is 24.0 Å². The summed E-state index contributed by atoms with van der Waals surface area (Å²) >= 11 is 0. The van der Waals surface area contributed by atoms with Gasteiger partial charge in [-0.15, -0.1) is 0 Å². The highest BCUT2D eigenvalue weighted by Gasteiger charge is 2.54. The van der Waals surface area contributed by atoms with Gasteiger partial charge in [0.1, 0.15) is 5.60 Å². The van der Waals surface area contributed by atoms with Crippen molar-refractivity contribution in [3.8, 4) is 11.3 Å². The van der Waals surface area contributed by atoms with Gasteiger partial charge in [-0.05, 0) is 32.4 Å². The summed E-state index contributed by atoms with van der Waals surface area (Å²) in [6, 6.07) is 10.4. The summed E-state index contributed by atoms with van der Waals surface area (Å²) in [4.78, 5) is 15.1. The predicted octanol–water partition coefficient (Wildman–Crippen LogP) is 2.78. The smallest absolute Gasteiger partial charge is 0.255 e. The van der Waals surface area contributed by atoms with Crippen LogP contribution in [-0.2, 0) is 16.0 Å². The molecule has 2 aromatic rings. The molecule has 29 heavy (non-hydrogen) atoms. The number of amides is 1. The van der Waals surface area contributed by atoms with E-state index in [1.165, 1.54) is 5.56 Å². The summed E-state index contributed by atoms with van der Waals surface area (Å²) in [6.07, 6.45) is 0.576. The van der Waals surface area contributed by atoms with Crippen LogP contribution >= 0.6 is 0 Å².